The maximum atomic E-state index is 13.1. The lowest BCUT2D eigenvalue weighted by Gasteiger charge is -2.23. The van der Waals surface area contributed by atoms with E-state index in [9.17, 15) is 4.79 Å². The summed E-state index contributed by atoms with van der Waals surface area (Å²) in [6.45, 7) is 5.18. The fourth-order valence-corrected chi connectivity index (χ4v) is 3.90. The summed E-state index contributed by atoms with van der Waals surface area (Å²) in [6.07, 6.45) is 0. The van der Waals surface area contributed by atoms with Crippen molar-refractivity contribution in [2.45, 2.75) is 32.0 Å². The van der Waals surface area contributed by atoms with E-state index >= 15 is 0 Å². The van der Waals surface area contributed by atoms with E-state index in [1.165, 1.54) is 0 Å². The maximum absolute atomic E-state index is 13.1. The molecule has 5 nitrogen and oxygen atoms in total. The number of amides is 1. The van der Waals surface area contributed by atoms with Gasteiger partial charge in [-0.05, 0) is 43.2 Å². The van der Waals surface area contributed by atoms with E-state index in [2.05, 4.69) is 17.6 Å². The second-order valence-corrected chi connectivity index (χ2v) is 7.94. The third-order valence-electron chi connectivity index (χ3n) is 5.64. The molecule has 3 aromatic carbocycles. The lowest BCUT2D eigenvalue weighted by atomic mass is 9.98. The van der Waals surface area contributed by atoms with Crippen LogP contribution in [0.25, 0.3) is 0 Å². The van der Waals surface area contributed by atoms with E-state index in [-0.39, 0.29) is 24.0 Å². The number of ether oxygens (including phenoxy) is 2. The molecule has 31 heavy (non-hydrogen) atoms. The number of rotatable bonds is 7. The van der Waals surface area contributed by atoms with E-state index in [0.717, 1.165) is 28.2 Å². The Hall–Kier alpha value is -3.31. The zero-order valence-corrected chi connectivity index (χ0v) is 18.0. The molecule has 0 fully saturated rings. The summed E-state index contributed by atoms with van der Waals surface area (Å²) in [5, 5.41) is 5.32. The molecular weight excluding hydrogens is 388 g/mol. The van der Waals surface area contributed by atoms with Crippen LogP contribution in [0, 0.1) is 0 Å². The molecule has 1 aliphatic rings. The molecule has 0 spiro atoms. The normalized spacial score (nSPS) is 14.7. The van der Waals surface area contributed by atoms with Crippen molar-refractivity contribution in [3.05, 3.63) is 95.6 Å². The summed E-state index contributed by atoms with van der Waals surface area (Å²) in [5.41, 5.74) is 3.23. The Kier molecular flexibility index (Phi) is 6.53. The van der Waals surface area contributed by atoms with E-state index in [0.29, 0.717) is 13.2 Å². The molecular formula is C26H29N2O3+. The molecule has 3 aromatic rings. The molecule has 0 unspecified atom stereocenters. The molecule has 4 rings (SSSR count). The number of quaternary nitrogens is 1. The zero-order chi connectivity index (χ0) is 21.6. The number of hydrogen-bond acceptors (Lipinski definition) is 3. The zero-order valence-electron chi connectivity index (χ0n) is 18.0. The quantitative estimate of drug-likeness (QED) is 0.620. The molecule has 0 saturated carbocycles. The topological polar surface area (TPSA) is 64.2 Å². The molecule has 160 valence electrons. The second-order valence-electron chi connectivity index (χ2n) is 7.94. The van der Waals surface area contributed by atoms with Gasteiger partial charge < -0.3 is 20.1 Å². The van der Waals surface area contributed by atoms with E-state index in [4.69, 9.17) is 9.47 Å². The molecule has 3 N–H and O–H groups in total. The first-order valence-electron chi connectivity index (χ1n) is 10.8. The summed E-state index contributed by atoms with van der Waals surface area (Å²) in [6, 6.07) is 25.8. The van der Waals surface area contributed by atoms with Crippen molar-refractivity contribution in [2.75, 3.05) is 13.2 Å². The number of hydrogen-bond donors (Lipinski definition) is 2. The predicted molar refractivity (Wildman–Crippen MR) is 120 cm³/mol. The van der Waals surface area contributed by atoms with E-state index in [1.54, 1.807) is 0 Å². The van der Waals surface area contributed by atoms with Gasteiger partial charge in [-0.15, -0.1) is 0 Å². The van der Waals surface area contributed by atoms with Crippen molar-refractivity contribution in [1.82, 2.24) is 5.32 Å². The largest absolute Gasteiger partial charge is 0.486 e. The predicted octanol–water partition coefficient (Wildman–Crippen LogP) is 3.38. The lowest BCUT2D eigenvalue weighted by molar-refractivity contribution is -0.710. The Morgan fingerprint density at radius 1 is 0.806 bits per heavy atom. The minimum atomic E-state index is -0.252. The SMILES string of the molecule is C[C@H]([NH2+][C@@H](C)c1ccc2c(c1)OCCO2)C(=O)NC(c1ccccc1)c1ccccc1. The van der Waals surface area contributed by atoms with Gasteiger partial charge in [0.05, 0.1) is 6.04 Å². The number of carbonyl (C=O) groups is 1. The monoisotopic (exact) mass is 417 g/mol. The highest BCUT2D eigenvalue weighted by molar-refractivity contribution is 5.80. The summed E-state index contributed by atoms with van der Waals surface area (Å²) in [4.78, 5) is 13.1. The summed E-state index contributed by atoms with van der Waals surface area (Å²) < 4.78 is 11.3. The highest BCUT2D eigenvalue weighted by Gasteiger charge is 2.25. The van der Waals surface area contributed by atoms with Crippen LogP contribution in [-0.4, -0.2) is 25.2 Å². The van der Waals surface area contributed by atoms with Crippen LogP contribution >= 0.6 is 0 Å². The van der Waals surface area contributed by atoms with Crippen LogP contribution in [0.15, 0.2) is 78.9 Å². The maximum Gasteiger partial charge on any atom is 0.278 e. The van der Waals surface area contributed by atoms with Crippen LogP contribution in [0.4, 0.5) is 0 Å². The van der Waals surface area contributed by atoms with Crippen LogP contribution in [0.2, 0.25) is 0 Å². The Bertz CT molecular complexity index is 968. The highest BCUT2D eigenvalue weighted by Crippen LogP contribution is 2.32. The molecule has 5 heteroatoms. The second kappa shape index (κ2) is 9.67. The molecule has 0 aliphatic carbocycles. The van der Waals surface area contributed by atoms with Crippen molar-refractivity contribution in [2.24, 2.45) is 0 Å². The summed E-state index contributed by atoms with van der Waals surface area (Å²) in [7, 11) is 0. The summed E-state index contributed by atoms with van der Waals surface area (Å²) in [5.74, 6) is 1.55. The molecule has 0 aromatic heterocycles. The van der Waals surface area contributed by atoms with Gasteiger partial charge in [0.2, 0.25) is 0 Å². The molecule has 0 saturated heterocycles. The lowest BCUT2D eigenvalue weighted by Crippen LogP contribution is -2.92. The minimum absolute atomic E-state index is 0.00194. The molecule has 0 radical (unpaired) electrons. The molecule has 1 aliphatic heterocycles. The summed E-state index contributed by atoms with van der Waals surface area (Å²) >= 11 is 0. The minimum Gasteiger partial charge on any atom is -0.486 e. The first-order chi connectivity index (χ1) is 15.1. The van der Waals surface area contributed by atoms with Crippen molar-refractivity contribution in [1.29, 1.82) is 0 Å². The van der Waals surface area contributed by atoms with Crippen LogP contribution in [0.1, 0.15) is 42.6 Å². The van der Waals surface area contributed by atoms with Crippen molar-refractivity contribution >= 4 is 5.91 Å². The van der Waals surface area contributed by atoms with Gasteiger partial charge >= 0.3 is 0 Å². The third kappa shape index (κ3) is 5.06. The third-order valence-corrected chi connectivity index (χ3v) is 5.64. The van der Waals surface area contributed by atoms with E-state index in [1.807, 2.05) is 85.8 Å². The Balaban J connectivity index is 1.45. The molecule has 0 bridgehead atoms. The first-order valence-corrected chi connectivity index (χ1v) is 10.8. The highest BCUT2D eigenvalue weighted by atomic mass is 16.6. The van der Waals surface area contributed by atoms with Crippen molar-refractivity contribution < 1.29 is 19.6 Å². The average molecular weight is 418 g/mol. The number of nitrogens with two attached hydrogens (primary N) is 1. The fraction of sp³-hybridized carbons (Fsp3) is 0.269. The van der Waals surface area contributed by atoms with Crippen LogP contribution in [0.3, 0.4) is 0 Å². The Labute approximate surface area is 183 Å². The van der Waals surface area contributed by atoms with Gasteiger partial charge in [-0.2, -0.15) is 0 Å². The Morgan fingerprint density at radius 3 is 2.00 bits per heavy atom. The van der Waals surface area contributed by atoms with E-state index < -0.39 is 0 Å². The van der Waals surface area contributed by atoms with Crippen LogP contribution < -0.4 is 20.1 Å². The number of nitrogens with one attached hydrogen (secondary N) is 1. The van der Waals surface area contributed by atoms with Crippen molar-refractivity contribution in [3.63, 3.8) is 0 Å². The van der Waals surface area contributed by atoms with Crippen LogP contribution in [-0.2, 0) is 4.79 Å². The van der Waals surface area contributed by atoms with Gasteiger partial charge in [-0.1, -0.05) is 60.7 Å². The van der Waals surface area contributed by atoms with Gasteiger partial charge in [-0.3, -0.25) is 4.79 Å². The number of carbonyl (C=O) groups excluding carboxylic acids is 1. The first kappa shape index (κ1) is 20.9. The molecule has 1 heterocycles. The number of benzene rings is 3. The average Bonchev–Trinajstić information content (AvgIpc) is 2.83. The molecule has 2 atom stereocenters. The van der Waals surface area contributed by atoms with Gasteiger partial charge in [0, 0.05) is 5.56 Å². The Morgan fingerprint density at radius 2 is 1.39 bits per heavy atom. The van der Waals surface area contributed by atoms with Gasteiger partial charge in [0.25, 0.3) is 5.91 Å². The molecule has 1 amide bonds. The van der Waals surface area contributed by atoms with Gasteiger partial charge in [0.15, 0.2) is 17.5 Å². The van der Waals surface area contributed by atoms with Crippen LogP contribution in [0.5, 0.6) is 11.5 Å². The smallest absolute Gasteiger partial charge is 0.278 e. The van der Waals surface area contributed by atoms with Crippen molar-refractivity contribution in [3.8, 4) is 11.5 Å². The standard InChI is InChI=1S/C26H28N2O3/c1-18(22-13-14-23-24(17-22)31-16-15-30-23)27-19(2)26(29)28-25(20-9-5-3-6-10-20)21-11-7-4-8-12-21/h3-14,17-19,25,27H,15-16H2,1-2H3,(H,28,29)/p+1/t18-,19-/m0/s1. The number of fused-ring (bicyclic) bond motifs is 1. The van der Waals surface area contributed by atoms with Gasteiger partial charge in [-0.25, -0.2) is 0 Å². The fourth-order valence-electron chi connectivity index (χ4n) is 3.90. The van der Waals surface area contributed by atoms with Gasteiger partial charge in [0.1, 0.15) is 19.3 Å².